The molecule has 102 valence electrons. The molecule has 0 fully saturated rings. The van der Waals surface area contributed by atoms with E-state index in [2.05, 4.69) is 10.3 Å². The average Bonchev–Trinajstić information content (AvgIpc) is 2.86. The maximum Gasteiger partial charge on any atom is 0.127 e. The van der Waals surface area contributed by atoms with Crippen LogP contribution in [0.3, 0.4) is 0 Å². The summed E-state index contributed by atoms with van der Waals surface area (Å²) in [6.07, 6.45) is 3.76. The van der Waals surface area contributed by atoms with Gasteiger partial charge in [-0.15, -0.1) is 0 Å². The van der Waals surface area contributed by atoms with Crippen molar-refractivity contribution >= 4 is 0 Å². The van der Waals surface area contributed by atoms with Crippen LogP contribution in [0.15, 0.2) is 30.7 Å². The van der Waals surface area contributed by atoms with Gasteiger partial charge in [-0.05, 0) is 19.2 Å². The molecule has 0 bridgehead atoms. The Morgan fingerprint density at radius 3 is 2.26 bits per heavy atom. The predicted molar refractivity (Wildman–Crippen MR) is 73.7 cm³/mol. The Hall–Kier alpha value is -2.01. The second-order valence-electron chi connectivity index (χ2n) is 4.26. The van der Waals surface area contributed by atoms with Crippen molar-refractivity contribution in [2.24, 2.45) is 7.05 Å². The first-order valence-electron chi connectivity index (χ1n) is 6.07. The number of ether oxygens (including phenoxy) is 2. The summed E-state index contributed by atoms with van der Waals surface area (Å²) in [4.78, 5) is 4.40. The summed E-state index contributed by atoms with van der Waals surface area (Å²) >= 11 is 0. The monoisotopic (exact) mass is 261 g/mol. The summed E-state index contributed by atoms with van der Waals surface area (Å²) in [6, 6.07) is 5.68. The fourth-order valence-corrected chi connectivity index (χ4v) is 2.19. The van der Waals surface area contributed by atoms with E-state index in [1.165, 1.54) is 0 Å². The summed E-state index contributed by atoms with van der Waals surface area (Å²) < 4.78 is 12.8. The van der Waals surface area contributed by atoms with Gasteiger partial charge < -0.3 is 19.4 Å². The van der Waals surface area contributed by atoms with E-state index in [0.717, 1.165) is 22.8 Å². The van der Waals surface area contributed by atoms with Gasteiger partial charge in [-0.1, -0.05) is 6.07 Å². The van der Waals surface area contributed by atoms with E-state index in [-0.39, 0.29) is 6.04 Å². The zero-order valence-electron chi connectivity index (χ0n) is 11.7. The fourth-order valence-electron chi connectivity index (χ4n) is 2.19. The van der Waals surface area contributed by atoms with Crippen LogP contribution in [-0.2, 0) is 7.05 Å². The molecule has 1 heterocycles. The Morgan fingerprint density at radius 2 is 1.84 bits per heavy atom. The molecule has 1 aromatic carbocycles. The molecule has 5 nitrogen and oxygen atoms in total. The second-order valence-corrected chi connectivity index (χ2v) is 4.26. The van der Waals surface area contributed by atoms with Gasteiger partial charge in [0.25, 0.3) is 0 Å². The van der Waals surface area contributed by atoms with E-state index < -0.39 is 0 Å². The molecule has 2 rings (SSSR count). The predicted octanol–water partition coefficient (Wildman–Crippen LogP) is 1.75. The molecule has 0 aliphatic heterocycles. The minimum atomic E-state index is -0.0766. The zero-order chi connectivity index (χ0) is 13.8. The minimum absolute atomic E-state index is 0.0766. The molecule has 5 heteroatoms. The van der Waals surface area contributed by atoms with Gasteiger partial charge in [0.05, 0.1) is 37.8 Å². The third kappa shape index (κ3) is 2.56. The number of hydrogen-bond acceptors (Lipinski definition) is 4. The van der Waals surface area contributed by atoms with E-state index in [9.17, 15) is 0 Å². The van der Waals surface area contributed by atoms with Crippen LogP contribution in [0.1, 0.15) is 17.3 Å². The third-order valence-corrected chi connectivity index (χ3v) is 3.06. The third-order valence-electron chi connectivity index (χ3n) is 3.06. The van der Waals surface area contributed by atoms with E-state index in [4.69, 9.17) is 9.47 Å². The molecule has 1 N–H and O–H groups in total. The molecule has 0 amide bonds. The van der Waals surface area contributed by atoms with Gasteiger partial charge in [0.1, 0.15) is 11.5 Å². The molecule has 0 spiro atoms. The van der Waals surface area contributed by atoms with Gasteiger partial charge in [-0.3, -0.25) is 0 Å². The first-order chi connectivity index (χ1) is 9.21. The van der Waals surface area contributed by atoms with Gasteiger partial charge in [0.2, 0.25) is 0 Å². The lowest BCUT2D eigenvalue weighted by Crippen LogP contribution is -2.19. The SMILES string of the molecule is CNC(c1cn(C)cn1)c1c(OC)cccc1OC. The Labute approximate surface area is 113 Å². The smallest absolute Gasteiger partial charge is 0.127 e. The van der Waals surface area contributed by atoms with E-state index in [1.807, 2.05) is 43.1 Å². The number of nitrogens with zero attached hydrogens (tertiary/aromatic N) is 2. The molecule has 0 aliphatic rings. The highest BCUT2D eigenvalue weighted by Gasteiger charge is 2.22. The summed E-state index contributed by atoms with van der Waals surface area (Å²) in [7, 11) is 7.15. The lowest BCUT2D eigenvalue weighted by Gasteiger charge is -2.20. The van der Waals surface area contributed by atoms with Gasteiger partial charge >= 0.3 is 0 Å². The number of benzene rings is 1. The highest BCUT2D eigenvalue weighted by molar-refractivity contribution is 5.49. The molecule has 2 aromatic rings. The fraction of sp³-hybridized carbons (Fsp3) is 0.357. The lowest BCUT2D eigenvalue weighted by molar-refractivity contribution is 0.378. The molecule has 0 aliphatic carbocycles. The van der Waals surface area contributed by atoms with Crippen LogP contribution >= 0.6 is 0 Å². The summed E-state index contributed by atoms with van der Waals surface area (Å²) in [5, 5.41) is 3.26. The van der Waals surface area contributed by atoms with Crippen molar-refractivity contribution in [2.45, 2.75) is 6.04 Å². The van der Waals surface area contributed by atoms with Crippen molar-refractivity contribution in [3.05, 3.63) is 42.0 Å². The van der Waals surface area contributed by atoms with Crippen LogP contribution < -0.4 is 14.8 Å². The van der Waals surface area contributed by atoms with Crippen LogP contribution in [-0.4, -0.2) is 30.8 Å². The average molecular weight is 261 g/mol. The maximum atomic E-state index is 5.44. The number of imidazole rings is 1. The largest absolute Gasteiger partial charge is 0.496 e. The molecule has 0 radical (unpaired) electrons. The highest BCUT2D eigenvalue weighted by Crippen LogP contribution is 2.36. The first kappa shape index (κ1) is 13.4. The molecule has 19 heavy (non-hydrogen) atoms. The van der Waals surface area contributed by atoms with Gasteiger partial charge in [-0.25, -0.2) is 4.98 Å². The molecular formula is C14H19N3O2. The van der Waals surface area contributed by atoms with Crippen LogP contribution in [0.4, 0.5) is 0 Å². The normalized spacial score (nSPS) is 12.2. The van der Waals surface area contributed by atoms with Crippen molar-refractivity contribution in [1.29, 1.82) is 0 Å². The van der Waals surface area contributed by atoms with Crippen LogP contribution in [0.25, 0.3) is 0 Å². The summed E-state index contributed by atoms with van der Waals surface area (Å²) in [5.41, 5.74) is 1.88. The van der Waals surface area contributed by atoms with Crippen molar-refractivity contribution in [1.82, 2.24) is 14.9 Å². The van der Waals surface area contributed by atoms with Crippen LogP contribution in [0.5, 0.6) is 11.5 Å². The molecule has 0 saturated carbocycles. The van der Waals surface area contributed by atoms with Crippen molar-refractivity contribution < 1.29 is 9.47 Å². The van der Waals surface area contributed by atoms with E-state index in [1.54, 1.807) is 20.5 Å². The molecule has 1 unspecified atom stereocenters. The lowest BCUT2D eigenvalue weighted by atomic mass is 10.0. The van der Waals surface area contributed by atoms with Gasteiger partial charge in [-0.2, -0.15) is 0 Å². The summed E-state index contributed by atoms with van der Waals surface area (Å²) in [5.74, 6) is 1.56. The van der Waals surface area contributed by atoms with Gasteiger partial charge in [0, 0.05) is 13.2 Å². The Morgan fingerprint density at radius 1 is 1.21 bits per heavy atom. The number of nitrogens with one attached hydrogen (secondary N) is 1. The number of aryl methyl sites for hydroxylation is 1. The van der Waals surface area contributed by atoms with E-state index in [0.29, 0.717) is 0 Å². The Kier molecular flexibility index (Phi) is 4.06. The molecule has 1 aromatic heterocycles. The number of methoxy groups -OCH3 is 2. The zero-order valence-corrected chi connectivity index (χ0v) is 11.7. The first-order valence-corrected chi connectivity index (χ1v) is 6.07. The van der Waals surface area contributed by atoms with E-state index >= 15 is 0 Å². The molecular weight excluding hydrogens is 242 g/mol. The standard InChI is InChI=1S/C14H19N3O2/c1-15-14(10-8-17(2)9-16-10)13-11(18-3)6-5-7-12(13)19-4/h5-9,14-15H,1-4H3. The quantitative estimate of drug-likeness (QED) is 0.890. The van der Waals surface area contributed by atoms with Gasteiger partial charge in [0.15, 0.2) is 0 Å². The highest BCUT2D eigenvalue weighted by atomic mass is 16.5. The molecule has 0 saturated heterocycles. The Balaban J connectivity index is 2.53. The second kappa shape index (κ2) is 5.75. The van der Waals surface area contributed by atoms with Crippen molar-refractivity contribution in [2.75, 3.05) is 21.3 Å². The maximum absolute atomic E-state index is 5.44. The number of rotatable bonds is 5. The number of aromatic nitrogens is 2. The van der Waals surface area contributed by atoms with Crippen LogP contribution in [0.2, 0.25) is 0 Å². The topological polar surface area (TPSA) is 48.3 Å². The van der Waals surface area contributed by atoms with Crippen molar-refractivity contribution in [3.63, 3.8) is 0 Å². The van der Waals surface area contributed by atoms with Crippen LogP contribution in [0, 0.1) is 0 Å². The molecule has 1 atom stereocenters. The summed E-state index contributed by atoms with van der Waals surface area (Å²) in [6.45, 7) is 0. The number of hydrogen-bond donors (Lipinski definition) is 1. The van der Waals surface area contributed by atoms with Crippen molar-refractivity contribution in [3.8, 4) is 11.5 Å². The Bertz CT molecular complexity index is 529. The minimum Gasteiger partial charge on any atom is -0.496 e.